The van der Waals surface area contributed by atoms with E-state index in [0.29, 0.717) is 11.6 Å². The minimum atomic E-state index is -1.34. The zero-order valence-electron chi connectivity index (χ0n) is 10.5. The third kappa shape index (κ3) is 2.80. The summed E-state index contributed by atoms with van der Waals surface area (Å²) in [5, 5.41) is 7.90. The minimum Gasteiger partial charge on any atom is -0.409 e. The molecule has 0 spiro atoms. The van der Waals surface area contributed by atoms with Crippen LogP contribution in [0.3, 0.4) is 0 Å². The number of benzene rings is 1. The van der Waals surface area contributed by atoms with Gasteiger partial charge in [0.25, 0.3) is 0 Å². The van der Waals surface area contributed by atoms with E-state index in [4.69, 9.17) is 4.42 Å². The average Bonchev–Trinajstić information content (AvgIpc) is 2.99. The van der Waals surface area contributed by atoms with E-state index in [2.05, 4.69) is 15.2 Å². The summed E-state index contributed by atoms with van der Waals surface area (Å²) in [6.45, 7) is 0. The predicted octanol–water partition coefficient (Wildman–Crippen LogP) is 2.44. The van der Waals surface area contributed by atoms with Crippen molar-refractivity contribution in [2.24, 2.45) is 0 Å². The van der Waals surface area contributed by atoms with Crippen molar-refractivity contribution in [1.82, 2.24) is 15.2 Å². The molecule has 100 valence electrons. The van der Waals surface area contributed by atoms with E-state index in [-0.39, 0.29) is 5.22 Å². The molecule has 0 aliphatic rings. The summed E-state index contributed by atoms with van der Waals surface area (Å²) in [6.07, 6.45) is 3.28. The van der Waals surface area contributed by atoms with Crippen LogP contribution in [-0.2, 0) is 16.6 Å². The summed E-state index contributed by atoms with van der Waals surface area (Å²) in [6, 6.07) is 13.1. The van der Waals surface area contributed by atoms with E-state index in [1.807, 2.05) is 30.3 Å². The molecule has 0 saturated heterocycles. The van der Waals surface area contributed by atoms with Crippen molar-refractivity contribution in [3.8, 4) is 11.5 Å². The van der Waals surface area contributed by atoms with Crippen molar-refractivity contribution in [1.29, 1.82) is 0 Å². The first-order valence-electron chi connectivity index (χ1n) is 5.99. The topological polar surface area (TPSA) is 68.9 Å². The van der Waals surface area contributed by atoms with Gasteiger partial charge in [-0.3, -0.25) is 4.98 Å². The average molecular weight is 285 g/mol. The standard InChI is InChI=1S/C14H11N3O2S/c18-20(10-11-4-2-1-3-5-11)14-17-16-13(19-14)12-6-8-15-9-7-12/h1-9H,10H2. The van der Waals surface area contributed by atoms with Crippen molar-refractivity contribution in [2.45, 2.75) is 11.0 Å². The van der Waals surface area contributed by atoms with Gasteiger partial charge in [0.15, 0.2) is 0 Å². The van der Waals surface area contributed by atoms with Gasteiger partial charge in [-0.15, -0.1) is 5.10 Å². The molecule has 0 aliphatic heterocycles. The van der Waals surface area contributed by atoms with E-state index >= 15 is 0 Å². The van der Waals surface area contributed by atoms with Gasteiger partial charge >= 0.3 is 5.22 Å². The van der Waals surface area contributed by atoms with Gasteiger partial charge in [0.2, 0.25) is 5.89 Å². The number of aromatic nitrogens is 3. The fraction of sp³-hybridized carbons (Fsp3) is 0.0714. The van der Waals surface area contributed by atoms with Crippen LogP contribution in [0.4, 0.5) is 0 Å². The monoisotopic (exact) mass is 285 g/mol. The summed E-state index contributed by atoms with van der Waals surface area (Å²) in [7, 11) is -1.34. The van der Waals surface area contributed by atoms with Crippen LogP contribution < -0.4 is 0 Å². The van der Waals surface area contributed by atoms with Gasteiger partial charge in [-0.2, -0.15) is 0 Å². The lowest BCUT2D eigenvalue weighted by atomic mass is 10.2. The Kier molecular flexibility index (Phi) is 3.64. The van der Waals surface area contributed by atoms with Crippen LogP contribution >= 0.6 is 0 Å². The molecule has 2 heterocycles. The molecule has 1 atom stereocenters. The SMILES string of the molecule is O=S(Cc1ccccc1)c1nnc(-c2ccncc2)o1. The molecule has 0 radical (unpaired) electrons. The molecule has 0 N–H and O–H groups in total. The van der Waals surface area contributed by atoms with Gasteiger partial charge in [-0.25, -0.2) is 4.21 Å². The molecule has 0 amide bonds. The number of hydrogen-bond acceptors (Lipinski definition) is 5. The lowest BCUT2D eigenvalue weighted by Crippen LogP contribution is -1.96. The Bertz CT molecular complexity index is 714. The van der Waals surface area contributed by atoms with Crippen LogP contribution in [0.1, 0.15) is 5.56 Å². The highest BCUT2D eigenvalue weighted by molar-refractivity contribution is 7.84. The number of hydrogen-bond donors (Lipinski definition) is 0. The van der Waals surface area contributed by atoms with Crippen LogP contribution in [0.15, 0.2) is 64.5 Å². The van der Waals surface area contributed by atoms with Crippen molar-refractivity contribution in [2.75, 3.05) is 0 Å². The van der Waals surface area contributed by atoms with Gasteiger partial charge in [-0.1, -0.05) is 35.4 Å². The van der Waals surface area contributed by atoms with Crippen molar-refractivity contribution < 1.29 is 8.63 Å². The predicted molar refractivity (Wildman–Crippen MR) is 74.1 cm³/mol. The van der Waals surface area contributed by atoms with Gasteiger partial charge < -0.3 is 4.42 Å². The zero-order valence-corrected chi connectivity index (χ0v) is 11.3. The maximum Gasteiger partial charge on any atom is 0.308 e. The summed E-state index contributed by atoms with van der Waals surface area (Å²) in [5.41, 5.74) is 1.73. The Morgan fingerprint density at radius 3 is 2.50 bits per heavy atom. The second-order valence-corrected chi connectivity index (χ2v) is 5.41. The first-order chi connectivity index (χ1) is 9.83. The summed E-state index contributed by atoms with van der Waals surface area (Å²) in [4.78, 5) is 3.92. The summed E-state index contributed by atoms with van der Waals surface area (Å²) >= 11 is 0. The third-order valence-corrected chi connectivity index (χ3v) is 3.82. The Morgan fingerprint density at radius 2 is 1.75 bits per heavy atom. The van der Waals surface area contributed by atoms with Crippen molar-refractivity contribution in [3.63, 3.8) is 0 Å². The summed E-state index contributed by atoms with van der Waals surface area (Å²) in [5.74, 6) is 0.711. The lowest BCUT2D eigenvalue weighted by molar-refractivity contribution is 0.455. The van der Waals surface area contributed by atoms with Crippen LogP contribution in [0.5, 0.6) is 0 Å². The Morgan fingerprint density at radius 1 is 1.00 bits per heavy atom. The molecule has 0 saturated carbocycles. The van der Waals surface area contributed by atoms with Crippen LogP contribution in [-0.4, -0.2) is 19.4 Å². The maximum absolute atomic E-state index is 12.2. The van der Waals surface area contributed by atoms with E-state index in [9.17, 15) is 4.21 Å². The van der Waals surface area contributed by atoms with Gasteiger partial charge in [0.05, 0.1) is 5.75 Å². The van der Waals surface area contributed by atoms with E-state index in [0.717, 1.165) is 11.1 Å². The van der Waals surface area contributed by atoms with Crippen LogP contribution in [0.2, 0.25) is 0 Å². The van der Waals surface area contributed by atoms with Gasteiger partial charge in [0, 0.05) is 18.0 Å². The maximum atomic E-state index is 12.2. The quantitative estimate of drug-likeness (QED) is 0.736. The molecule has 1 unspecified atom stereocenters. The van der Waals surface area contributed by atoms with Crippen molar-refractivity contribution in [3.05, 3.63) is 60.4 Å². The molecular weight excluding hydrogens is 274 g/mol. The van der Waals surface area contributed by atoms with Crippen LogP contribution in [0, 0.1) is 0 Å². The normalized spacial score (nSPS) is 12.2. The smallest absolute Gasteiger partial charge is 0.308 e. The minimum absolute atomic E-state index is 0.140. The second-order valence-electron chi connectivity index (χ2n) is 4.08. The van der Waals surface area contributed by atoms with Gasteiger partial charge in [0.1, 0.15) is 10.8 Å². The van der Waals surface area contributed by atoms with E-state index in [1.54, 1.807) is 24.5 Å². The Hall–Kier alpha value is -2.34. The second kappa shape index (κ2) is 5.75. The highest BCUT2D eigenvalue weighted by Crippen LogP contribution is 2.19. The number of nitrogens with zero attached hydrogens (tertiary/aromatic N) is 3. The van der Waals surface area contributed by atoms with Crippen molar-refractivity contribution >= 4 is 10.8 Å². The fourth-order valence-electron chi connectivity index (χ4n) is 1.70. The zero-order chi connectivity index (χ0) is 13.8. The molecule has 20 heavy (non-hydrogen) atoms. The molecule has 0 bridgehead atoms. The number of rotatable bonds is 4. The molecule has 5 nitrogen and oxygen atoms in total. The number of pyridine rings is 1. The Balaban J connectivity index is 1.79. The molecule has 2 aromatic heterocycles. The highest BCUT2D eigenvalue weighted by atomic mass is 32.2. The van der Waals surface area contributed by atoms with E-state index in [1.165, 1.54) is 0 Å². The first-order valence-corrected chi connectivity index (χ1v) is 7.31. The molecule has 1 aromatic carbocycles. The fourth-order valence-corrected chi connectivity index (χ4v) is 2.62. The third-order valence-electron chi connectivity index (χ3n) is 2.67. The summed E-state index contributed by atoms with van der Waals surface area (Å²) < 4.78 is 17.6. The lowest BCUT2D eigenvalue weighted by Gasteiger charge is -1.97. The van der Waals surface area contributed by atoms with Crippen LogP contribution in [0.25, 0.3) is 11.5 Å². The van der Waals surface area contributed by atoms with E-state index < -0.39 is 10.8 Å². The largest absolute Gasteiger partial charge is 0.409 e. The molecule has 0 fully saturated rings. The highest BCUT2D eigenvalue weighted by Gasteiger charge is 2.14. The van der Waals surface area contributed by atoms with Gasteiger partial charge in [-0.05, 0) is 17.7 Å². The molecular formula is C14H11N3O2S. The molecule has 3 aromatic rings. The molecule has 0 aliphatic carbocycles. The molecule has 3 rings (SSSR count). The Labute approximate surface area is 118 Å². The molecule has 6 heteroatoms. The first kappa shape index (κ1) is 12.7.